The van der Waals surface area contributed by atoms with Crippen LogP contribution in [0.5, 0.6) is 0 Å². The highest BCUT2D eigenvalue weighted by atomic mass is 16.2. The summed E-state index contributed by atoms with van der Waals surface area (Å²) < 4.78 is 0. The Balaban J connectivity index is 1.65. The Kier molecular flexibility index (Phi) is 6.45. The van der Waals surface area contributed by atoms with Crippen molar-refractivity contribution in [1.82, 2.24) is 20.4 Å². The zero-order valence-corrected chi connectivity index (χ0v) is 13.1. The Labute approximate surface area is 127 Å². The summed E-state index contributed by atoms with van der Waals surface area (Å²) in [5, 5.41) is 6.03. The Hall–Kier alpha value is -1.14. The van der Waals surface area contributed by atoms with Crippen LogP contribution in [0.2, 0.25) is 0 Å². The summed E-state index contributed by atoms with van der Waals surface area (Å²) in [7, 11) is 2.15. The summed E-state index contributed by atoms with van der Waals surface area (Å²) >= 11 is 0. The molecule has 2 aliphatic rings. The number of hydrogen-bond donors (Lipinski definition) is 2. The van der Waals surface area contributed by atoms with Crippen LogP contribution in [-0.4, -0.2) is 74.5 Å². The molecule has 0 unspecified atom stereocenters. The molecular weight excluding hydrogens is 268 g/mol. The normalized spacial score (nSPS) is 21.9. The maximum Gasteiger partial charge on any atom is 0.311 e. The van der Waals surface area contributed by atoms with Crippen LogP contribution in [0.3, 0.4) is 0 Å². The van der Waals surface area contributed by atoms with Crippen LogP contribution in [0.1, 0.15) is 25.7 Å². The molecule has 2 fully saturated rings. The smallest absolute Gasteiger partial charge is 0.311 e. The van der Waals surface area contributed by atoms with Crippen LogP contribution in [-0.2, 0) is 9.59 Å². The van der Waals surface area contributed by atoms with Gasteiger partial charge in [0, 0.05) is 26.2 Å². The van der Waals surface area contributed by atoms with Gasteiger partial charge in [0.1, 0.15) is 0 Å². The third kappa shape index (κ3) is 5.28. The third-order valence-corrected chi connectivity index (χ3v) is 4.50. The van der Waals surface area contributed by atoms with E-state index in [1.54, 1.807) is 4.90 Å². The summed E-state index contributed by atoms with van der Waals surface area (Å²) in [5.41, 5.74) is 0. The fraction of sp³-hybridized carbons (Fsp3) is 0.867. The van der Waals surface area contributed by atoms with Crippen molar-refractivity contribution in [3.63, 3.8) is 0 Å². The van der Waals surface area contributed by atoms with Crippen molar-refractivity contribution in [3.05, 3.63) is 0 Å². The average Bonchev–Trinajstić information content (AvgIpc) is 2.77. The number of carbonyl (C=O) groups excluding carboxylic acids is 2. The number of likely N-dealkylation sites (tertiary alicyclic amines) is 1. The molecule has 2 saturated heterocycles. The molecule has 2 N–H and O–H groups in total. The van der Waals surface area contributed by atoms with Gasteiger partial charge in [0.25, 0.3) is 0 Å². The fourth-order valence-corrected chi connectivity index (χ4v) is 3.01. The number of hydrogen-bond acceptors (Lipinski definition) is 4. The summed E-state index contributed by atoms with van der Waals surface area (Å²) in [6, 6.07) is 0. The first-order valence-corrected chi connectivity index (χ1v) is 8.13. The van der Waals surface area contributed by atoms with Gasteiger partial charge in [0.15, 0.2) is 0 Å². The van der Waals surface area contributed by atoms with E-state index in [9.17, 15) is 9.59 Å². The predicted octanol–water partition coefficient (Wildman–Crippen LogP) is -0.344. The van der Waals surface area contributed by atoms with Crippen LogP contribution < -0.4 is 10.6 Å². The van der Waals surface area contributed by atoms with Crippen LogP contribution in [0, 0.1) is 5.92 Å². The molecule has 0 spiro atoms. The lowest BCUT2D eigenvalue weighted by Crippen LogP contribution is -2.45. The summed E-state index contributed by atoms with van der Waals surface area (Å²) in [5.74, 6) is -0.133. The van der Waals surface area contributed by atoms with E-state index in [0.717, 1.165) is 39.0 Å². The van der Waals surface area contributed by atoms with Gasteiger partial charge in [-0.2, -0.15) is 0 Å². The Morgan fingerprint density at radius 3 is 2.67 bits per heavy atom. The standard InChI is InChI=1S/C15H28N4O2/c1-18-10-4-13(5-11-18)3-7-17-14(20)15(21)19-9-2-6-16-8-12-19/h13,16H,2-12H2,1H3,(H,17,20). The second kappa shape index (κ2) is 8.34. The van der Waals surface area contributed by atoms with Crippen molar-refractivity contribution in [2.45, 2.75) is 25.7 Å². The van der Waals surface area contributed by atoms with Crippen molar-refractivity contribution in [1.29, 1.82) is 0 Å². The van der Waals surface area contributed by atoms with Crippen molar-refractivity contribution in [2.24, 2.45) is 5.92 Å². The molecule has 120 valence electrons. The van der Waals surface area contributed by atoms with Crippen molar-refractivity contribution < 1.29 is 9.59 Å². The molecular formula is C15H28N4O2. The molecule has 0 radical (unpaired) electrons. The molecule has 0 bridgehead atoms. The van der Waals surface area contributed by atoms with Gasteiger partial charge in [-0.3, -0.25) is 9.59 Å². The van der Waals surface area contributed by atoms with E-state index >= 15 is 0 Å². The Morgan fingerprint density at radius 2 is 1.90 bits per heavy atom. The van der Waals surface area contributed by atoms with Crippen LogP contribution in [0.15, 0.2) is 0 Å². The molecule has 21 heavy (non-hydrogen) atoms. The van der Waals surface area contributed by atoms with E-state index < -0.39 is 5.91 Å². The van der Waals surface area contributed by atoms with Gasteiger partial charge in [0.2, 0.25) is 0 Å². The molecule has 0 atom stereocenters. The van der Waals surface area contributed by atoms with Crippen LogP contribution in [0.25, 0.3) is 0 Å². The molecule has 0 aromatic heterocycles. The average molecular weight is 296 g/mol. The second-order valence-corrected chi connectivity index (χ2v) is 6.19. The van der Waals surface area contributed by atoms with Gasteiger partial charge in [-0.1, -0.05) is 0 Å². The lowest BCUT2D eigenvalue weighted by atomic mass is 9.94. The van der Waals surface area contributed by atoms with Crippen molar-refractivity contribution in [3.8, 4) is 0 Å². The van der Waals surface area contributed by atoms with E-state index in [4.69, 9.17) is 0 Å². The number of nitrogens with one attached hydrogen (secondary N) is 2. The van der Waals surface area contributed by atoms with Gasteiger partial charge >= 0.3 is 11.8 Å². The van der Waals surface area contributed by atoms with E-state index in [1.807, 2.05) is 0 Å². The number of rotatable bonds is 3. The molecule has 2 heterocycles. The van der Waals surface area contributed by atoms with Gasteiger partial charge in [-0.05, 0) is 58.3 Å². The maximum absolute atomic E-state index is 12.1. The molecule has 0 aromatic rings. The highest BCUT2D eigenvalue weighted by Gasteiger charge is 2.22. The minimum Gasteiger partial charge on any atom is -0.348 e. The van der Waals surface area contributed by atoms with E-state index in [0.29, 0.717) is 25.6 Å². The Morgan fingerprint density at radius 1 is 1.14 bits per heavy atom. The number of piperidine rings is 1. The van der Waals surface area contributed by atoms with Crippen molar-refractivity contribution >= 4 is 11.8 Å². The highest BCUT2D eigenvalue weighted by molar-refractivity contribution is 6.35. The van der Waals surface area contributed by atoms with E-state index in [2.05, 4.69) is 22.6 Å². The zero-order valence-electron chi connectivity index (χ0n) is 13.1. The Bertz CT molecular complexity index is 346. The number of amides is 2. The monoisotopic (exact) mass is 296 g/mol. The molecule has 2 aliphatic heterocycles. The SMILES string of the molecule is CN1CCC(CCNC(=O)C(=O)N2CCCNCC2)CC1. The molecule has 2 amide bonds. The second-order valence-electron chi connectivity index (χ2n) is 6.19. The quantitative estimate of drug-likeness (QED) is 0.699. The predicted molar refractivity (Wildman–Crippen MR) is 81.9 cm³/mol. The summed E-state index contributed by atoms with van der Waals surface area (Å²) in [6.45, 7) is 5.88. The van der Waals surface area contributed by atoms with Gasteiger partial charge in [0.05, 0.1) is 0 Å². The van der Waals surface area contributed by atoms with Crippen LogP contribution >= 0.6 is 0 Å². The topological polar surface area (TPSA) is 64.7 Å². The van der Waals surface area contributed by atoms with E-state index in [1.165, 1.54) is 12.8 Å². The first-order chi connectivity index (χ1) is 10.2. The molecule has 0 aliphatic carbocycles. The van der Waals surface area contributed by atoms with Crippen LogP contribution in [0.4, 0.5) is 0 Å². The molecule has 6 heteroatoms. The highest BCUT2D eigenvalue weighted by Crippen LogP contribution is 2.18. The van der Waals surface area contributed by atoms with Gasteiger partial charge in [-0.25, -0.2) is 0 Å². The molecule has 6 nitrogen and oxygen atoms in total. The summed E-state index contributed by atoms with van der Waals surface area (Å²) in [4.78, 5) is 28.0. The summed E-state index contributed by atoms with van der Waals surface area (Å²) in [6.07, 6.45) is 4.28. The molecule has 0 aromatic carbocycles. The minimum absolute atomic E-state index is 0.373. The molecule has 2 rings (SSSR count). The van der Waals surface area contributed by atoms with Crippen molar-refractivity contribution in [2.75, 3.05) is 52.9 Å². The van der Waals surface area contributed by atoms with Gasteiger partial charge < -0.3 is 20.4 Å². The van der Waals surface area contributed by atoms with Gasteiger partial charge in [-0.15, -0.1) is 0 Å². The van der Waals surface area contributed by atoms with E-state index in [-0.39, 0.29) is 5.91 Å². The lowest BCUT2D eigenvalue weighted by molar-refractivity contribution is -0.145. The first-order valence-electron chi connectivity index (χ1n) is 8.13. The lowest BCUT2D eigenvalue weighted by Gasteiger charge is -2.28. The number of carbonyl (C=O) groups is 2. The maximum atomic E-state index is 12.1. The minimum atomic E-state index is -0.440. The molecule has 0 saturated carbocycles. The zero-order chi connectivity index (χ0) is 15.1. The first kappa shape index (κ1) is 16.2. The largest absolute Gasteiger partial charge is 0.348 e. The third-order valence-electron chi connectivity index (χ3n) is 4.50. The number of nitrogens with zero attached hydrogens (tertiary/aromatic N) is 2. The fourth-order valence-electron chi connectivity index (χ4n) is 3.01.